The molecule has 19 heavy (non-hydrogen) atoms. The quantitative estimate of drug-likeness (QED) is 0.842. The highest BCUT2D eigenvalue weighted by atomic mass is 32.1. The zero-order valence-electron chi connectivity index (χ0n) is 11.2. The Kier molecular flexibility index (Phi) is 4.63. The van der Waals surface area contributed by atoms with Crippen LogP contribution < -0.4 is 0 Å². The summed E-state index contributed by atoms with van der Waals surface area (Å²) < 4.78 is 0. The van der Waals surface area contributed by atoms with Crippen LogP contribution in [0.1, 0.15) is 19.5 Å². The average molecular weight is 275 g/mol. The Morgan fingerprint density at radius 1 is 1.26 bits per heavy atom. The number of carbonyl (C=O) groups is 1. The normalized spacial score (nSPS) is 10.4. The van der Waals surface area contributed by atoms with Gasteiger partial charge in [-0.1, -0.05) is 0 Å². The number of rotatable bonds is 5. The number of carbonyl (C=O) groups excluding carboxylic acids is 1. The first kappa shape index (κ1) is 13.7. The largest absolute Gasteiger partial charge is 0.343 e. The van der Waals surface area contributed by atoms with Gasteiger partial charge in [-0.2, -0.15) is 0 Å². The van der Waals surface area contributed by atoms with Crippen LogP contribution in [0.4, 0.5) is 0 Å². The van der Waals surface area contributed by atoms with Crippen LogP contribution in [0.3, 0.4) is 0 Å². The second kappa shape index (κ2) is 6.43. The van der Waals surface area contributed by atoms with Crippen LogP contribution in [0.25, 0.3) is 10.6 Å². The van der Waals surface area contributed by atoms with Gasteiger partial charge >= 0.3 is 0 Å². The molecule has 0 spiro atoms. The van der Waals surface area contributed by atoms with E-state index in [1.807, 2.05) is 36.3 Å². The maximum Gasteiger partial charge on any atom is 0.228 e. The average Bonchev–Trinajstić information content (AvgIpc) is 2.89. The first-order chi connectivity index (χ1) is 9.24. The monoisotopic (exact) mass is 275 g/mol. The Balaban J connectivity index is 2.08. The number of hydrogen-bond acceptors (Lipinski definition) is 4. The standard InChI is InChI=1S/C14H17N3OS/c1-3-17(4-2)13(18)9-12-10-19-14(16-12)11-5-7-15-8-6-11/h5-8,10H,3-4,9H2,1-2H3. The molecule has 0 aliphatic rings. The van der Waals surface area contributed by atoms with Crippen molar-refractivity contribution in [3.05, 3.63) is 35.6 Å². The Hall–Kier alpha value is -1.75. The maximum absolute atomic E-state index is 12.0. The highest BCUT2D eigenvalue weighted by Crippen LogP contribution is 2.23. The Morgan fingerprint density at radius 3 is 2.58 bits per heavy atom. The van der Waals surface area contributed by atoms with Crippen LogP contribution in [-0.2, 0) is 11.2 Å². The molecule has 2 heterocycles. The number of likely N-dealkylation sites (N-methyl/N-ethyl adjacent to an activating group) is 1. The Labute approximate surface area is 117 Å². The van der Waals surface area contributed by atoms with E-state index in [-0.39, 0.29) is 5.91 Å². The smallest absolute Gasteiger partial charge is 0.228 e. The van der Waals surface area contributed by atoms with E-state index in [1.165, 1.54) is 0 Å². The van der Waals surface area contributed by atoms with E-state index in [4.69, 9.17) is 0 Å². The van der Waals surface area contributed by atoms with Crippen LogP contribution in [0.5, 0.6) is 0 Å². The number of thiazole rings is 1. The van der Waals surface area contributed by atoms with Gasteiger partial charge in [-0.15, -0.1) is 11.3 Å². The van der Waals surface area contributed by atoms with E-state index in [0.717, 1.165) is 29.4 Å². The van der Waals surface area contributed by atoms with E-state index in [0.29, 0.717) is 6.42 Å². The summed E-state index contributed by atoms with van der Waals surface area (Å²) in [5.74, 6) is 0.136. The zero-order chi connectivity index (χ0) is 13.7. The molecule has 0 fully saturated rings. The second-order valence-corrected chi connectivity index (χ2v) is 4.98. The summed E-state index contributed by atoms with van der Waals surface area (Å²) in [5, 5.41) is 2.89. The van der Waals surface area contributed by atoms with Crippen molar-refractivity contribution in [3.63, 3.8) is 0 Å². The number of pyridine rings is 1. The van der Waals surface area contributed by atoms with Gasteiger partial charge in [0.05, 0.1) is 12.1 Å². The lowest BCUT2D eigenvalue weighted by atomic mass is 10.2. The summed E-state index contributed by atoms with van der Waals surface area (Å²) in [7, 11) is 0. The first-order valence-electron chi connectivity index (χ1n) is 6.37. The maximum atomic E-state index is 12.0. The summed E-state index contributed by atoms with van der Waals surface area (Å²) in [6, 6.07) is 3.85. The third-order valence-electron chi connectivity index (χ3n) is 2.93. The lowest BCUT2D eigenvalue weighted by molar-refractivity contribution is -0.130. The molecule has 0 unspecified atom stereocenters. The predicted molar refractivity (Wildman–Crippen MR) is 77.0 cm³/mol. The van der Waals surface area contributed by atoms with Crippen LogP contribution in [0.2, 0.25) is 0 Å². The third kappa shape index (κ3) is 3.38. The molecule has 0 aromatic carbocycles. The molecule has 0 N–H and O–H groups in total. The van der Waals surface area contributed by atoms with Gasteiger partial charge in [-0.25, -0.2) is 4.98 Å². The highest BCUT2D eigenvalue weighted by molar-refractivity contribution is 7.13. The Morgan fingerprint density at radius 2 is 1.95 bits per heavy atom. The lowest BCUT2D eigenvalue weighted by Crippen LogP contribution is -2.31. The molecule has 5 heteroatoms. The molecule has 100 valence electrons. The molecule has 0 bridgehead atoms. The minimum atomic E-state index is 0.136. The third-order valence-corrected chi connectivity index (χ3v) is 3.87. The van der Waals surface area contributed by atoms with Crippen molar-refractivity contribution < 1.29 is 4.79 Å². The van der Waals surface area contributed by atoms with Crippen molar-refractivity contribution in [2.24, 2.45) is 0 Å². The summed E-state index contributed by atoms with van der Waals surface area (Å²) in [6.07, 6.45) is 3.87. The molecule has 2 aromatic heterocycles. The van der Waals surface area contributed by atoms with Gasteiger partial charge in [0.1, 0.15) is 5.01 Å². The van der Waals surface area contributed by atoms with Crippen LogP contribution >= 0.6 is 11.3 Å². The molecule has 1 amide bonds. The number of hydrogen-bond donors (Lipinski definition) is 0. The highest BCUT2D eigenvalue weighted by Gasteiger charge is 2.13. The fourth-order valence-corrected chi connectivity index (χ4v) is 2.68. The molecule has 2 aromatic rings. The summed E-state index contributed by atoms with van der Waals surface area (Å²) in [6.45, 7) is 5.48. The molecular weight excluding hydrogens is 258 g/mol. The van der Waals surface area contributed by atoms with Gasteiger partial charge < -0.3 is 4.90 Å². The van der Waals surface area contributed by atoms with Crippen molar-refractivity contribution >= 4 is 17.2 Å². The van der Waals surface area contributed by atoms with Gasteiger partial charge in [-0.05, 0) is 26.0 Å². The summed E-state index contributed by atoms with van der Waals surface area (Å²) in [4.78, 5) is 22.3. The number of aromatic nitrogens is 2. The fraction of sp³-hybridized carbons (Fsp3) is 0.357. The minimum Gasteiger partial charge on any atom is -0.343 e. The van der Waals surface area contributed by atoms with Gasteiger partial charge in [0, 0.05) is 36.4 Å². The molecule has 0 aliphatic carbocycles. The van der Waals surface area contributed by atoms with E-state index in [2.05, 4.69) is 9.97 Å². The molecule has 0 atom stereocenters. The topological polar surface area (TPSA) is 46.1 Å². The summed E-state index contributed by atoms with van der Waals surface area (Å²) in [5.41, 5.74) is 1.88. The Bertz CT molecular complexity index is 535. The molecule has 0 saturated heterocycles. The van der Waals surface area contributed by atoms with Gasteiger partial charge in [0.2, 0.25) is 5.91 Å². The lowest BCUT2D eigenvalue weighted by Gasteiger charge is -2.17. The number of nitrogens with zero attached hydrogens (tertiary/aromatic N) is 3. The molecule has 0 saturated carbocycles. The van der Waals surface area contributed by atoms with Crippen LogP contribution in [-0.4, -0.2) is 33.9 Å². The second-order valence-electron chi connectivity index (χ2n) is 4.12. The van der Waals surface area contributed by atoms with E-state index in [9.17, 15) is 4.79 Å². The van der Waals surface area contributed by atoms with Crippen molar-refractivity contribution in [1.29, 1.82) is 0 Å². The van der Waals surface area contributed by atoms with Crippen LogP contribution in [0.15, 0.2) is 29.9 Å². The van der Waals surface area contributed by atoms with Crippen LogP contribution in [0, 0.1) is 0 Å². The van der Waals surface area contributed by atoms with Crippen molar-refractivity contribution in [2.45, 2.75) is 20.3 Å². The number of amides is 1. The van der Waals surface area contributed by atoms with Crippen molar-refractivity contribution in [2.75, 3.05) is 13.1 Å². The zero-order valence-corrected chi connectivity index (χ0v) is 12.0. The van der Waals surface area contributed by atoms with Gasteiger partial charge in [0.25, 0.3) is 0 Å². The molecule has 4 nitrogen and oxygen atoms in total. The van der Waals surface area contributed by atoms with E-state index in [1.54, 1.807) is 23.7 Å². The fourth-order valence-electron chi connectivity index (χ4n) is 1.86. The SMILES string of the molecule is CCN(CC)C(=O)Cc1csc(-c2ccncc2)n1. The predicted octanol–water partition coefficient (Wildman–Crippen LogP) is 2.62. The van der Waals surface area contributed by atoms with Gasteiger partial charge in [0.15, 0.2) is 0 Å². The molecule has 0 aliphatic heterocycles. The molecular formula is C14H17N3OS. The van der Waals surface area contributed by atoms with E-state index < -0.39 is 0 Å². The van der Waals surface area contributed by atoms with Crippen molar-refractivity contribution in [1.82, 2.24) is 14.9 Å². The minimum absolute atomic E-state index is 0.136. The van der Waals surface area contributed by atoms with Gasteiger partial charge in [-0.3, -0.25) is 9.78 Å². The first-order valence-corrected chi connectivity index (χ1v) is 7.25. The summed E-state index contributed by atoms with van der Waals surface area (Å²) >= 11 is 1.56. The van der Waals surface area contributed by atoms with Crippen molar-refractivity contribution in [3.8, 4) is 10.6 Å². The van der Waals surface area contributed by atoms with E-state index >= 15 is 0 Å². The molecule has 0 radical (unpaired) electrons. The molecule has 2 rings (SSSR count).